The molecule has 82 valence electrons. The van der Waals surface area contributed by atoms with Gasteiger partial charge in [0.2, 0.25) is 0 Å². The fraction of sp³-hybridized carbons (Fsp3) is 0.0833. The maximum absolute atomic E-state index is 13.4. The molecule has 1 heterocycles. The van der Waals surface area contributed by atoms with E-state index in [9.17, 15) is 4.39 Å². The molecule has 0 atom stereocenters. The summed E-state index contributed by atoms with van der Waals surface area (Å²) in [4.78, 5) is 3.95. The number of nitrogens with zero attached hydrogens (tertiary/aromatic N) is 1. The molecule has 16 heavy (non-hydrogen) atoms. The van der Waals surface area contributed by atoms with Gasteiger partial charge in [-0.1, -0.05) is 17.7 Å². The highest BCUT2D eigenvalue weighted by Gasteiger charge is 2.05. The third-order valence-corrected chi connectivity index (χ3v) is 2.55. The first-order chi connectivity index (χ1) is 7.77. The largest absolute Gasteiger partial charge is 0.380 e. The normalized spacial score (nSPS) is 10.1. The van der Waals surface area contributed by atoms with Crippen molar-refractivity contribution in [2.75, 3.05) is 5.32 Å². The minimum atomic E-state index is -0.302. The standard InChI is InChI=1S/C12H10ClFN2/c13-11-4-1-5-12(14)10(11)8-16-9-3-2-6-15-7-9/h1-7,16H,8H2. The SMILES string of the molecule is Fc1cccc(Cl)c1CNc1cccnc1. The quantitative estimate of drug-likeness (QED) is 0.883. The molecule has 1 aromatic carbocycles. The molecule has 0 amide bonds. The Balaban J connectivity index is 2.11. The van der Waals surface area contributed by atoms with Gasteiger partial charge in [-0.2, -0.15) is 0 Å². The van der Waals surface area contributed by atoms with Crippen LogP contribution in [0.15, 0.2) is 42.7 Å². The van der Waals surface area contributed by atoms with Crippen LogP contribution in [0.3, 0.4) is 0 Å². The smallest absolute Gasteiger partial charge is 0.129 e. The summed E-state index contributed by atoms with van der Waals surface area (Å²) in [5.74, 6) is -0.302. The Morgan fingerprint density at radius 2 is 2.12 bits per heavy atom. The molecular formula is C12H10ClFN2. The highest BCUT2D eigenvalue weighted by molar-refractivity contribution is 6.31. The number of hydrogen-bond donors (Lipinski definition) is 1. The predicted octanol–water partition coefficient (Wildman–Crippen LogP) is 3.49. The van der Waals surface area contributed by atoms with Crippen LogP contribution < -0.4 is 5.32 Å². The van der Waals surface area contributed by atoms with E-state index in [1.54, 1.807) is 24.5 Å². The van der Waals surface area contributed by atoms with Gasteiger partial charge in [-0.25, -0.2) is 4.39 Å². The predicted molar refractivity (Wildman–Crippen MR) is 63.0 cm³/mol. The topological polar surface area (TPSA) is 24.9 Å². The van der Waals surface area contributed by atoms with Crippen LogP contribution in [0.1, 0.15) is 5.56 Å². The Kier molecular flexibility index (Phi) is 3.37. The van der Waals surface area contributed by atoms with E-state index < -0.39 is 0 Å². The number of anilines is 1. The highest BCUT2D eigenvalue weighted by atomic mass is 35.5. The Labute approximate surface area is 98.1 Å². The molecule has 0 unspecified atom stereocenters. The molecule has 0 radical (unpaired) electrons. The van der Waals surface area contributed by atoms with Crippen molar-refractivity contribution in [1.29, 1.82) is 0 Å². The van der Waals surface area contributed by atoms with Crippen molar-refractivity contribution >= 4 is 17.3 Å². The third kappa shape index (κ3) is 2.49. The van der Waals surface area contributed by atoms with Gasteiger partial charge < -0.3 is 5.32 Å². The van der Waals surface area contributed by atoms with E-state index in [4.69, 9.17) is 11.6 Å². The van der Waals surface area contributed by atoms with Crippen LogP contribution in [0.4, 0.5) is 10.1 Å². The van der Waals surface area contributed by atoms with Crippen molar-refractivity contribution in [2.24, 2.45) is 0 Å². The first-order valence-corrected chi connectivity index (χ1v) is 5.22. The zero-order chi connectivity index (χ0) is 11.4. The number of benzene rings is 1. The number of nitrogens with one attached hydrogen (secondary N) is 1. The molecule has 0 fully saturated rings. The molecule has 0 aliphatic heterocycles. The third-order valence-electron chi connectivity index (χ3n) is 2.19. The highest BCUT2D eigenvalue weighted by Crippen LogP contribution is 2.20. The molecule has 4 heteroatoms. The lowest BCUT2D eigenvalue weighted by atomic mass is 10.2. The lowest BCUT2D eigenvalue weighted by Gasteiger charge is -2.08. The summed E-state index contributed by atoms with van der Waals surface area (Å²) < 4.78 is 13.4. The summed E-state index contributed by atoms with van der Waals surface area (Å²) in [6.45, 7) is 0.344. The second kappa shape index (κ2) is 4.94. The lowest BCUT2D eigenvalue weighted by Crippen LogP contribution is -2.02. The van der Waals surface area contributed by atoms with E-state index in [1.807, 2.05) is 12.1 Å². The van der Waals surface area contributed by atoms with Gasteiger partial charge in [0.25, 0.3) is 0 Å². The molecule has 0 aliphatic rings. The molecule has 0 saturated carbocycles. The minimum Gasteiger partial charge on any atom is -0.380 e. The van der Waals surface area contributed by atoms with Gasteiger partial charge in [0.05, 0.1) is 5.69 Å². The van der Waals surface area contributed by atoms with E-state index in [2.05, 4.69) is 10.3 Å². The summed E-state index contributed by atoms with van der Waals surface area (Å²) >= 11 is 5.90. The molecule has 2 rings (SSSR count). The number of hydrogen-bond acceptors (Lipinski definition) is 2. The van der Waals surface area contributed by atoms with Crippen LogP contribution >= 0.6 is 11.6 Å². The Bertz CT molecular complexity index is 453. The van der Waals surface area contributed by atoms with Crippen LogP contribution in [-0.4, -0.2) is 4.98 Å². The molecule has 0 spiro atoms. The fourth-order valence-electron chi connectivity index (χ4n) is 1.36. The maximum Gasteiger partial charge on any atom is 0.129 e. The van der Waals surface area contributed by atoms with Gasteiger partial charge in [-0.15, -0.1) is 0 Å². The first kappa shape index (κ1) is 10.9. The molecule has 0 bridgehead atoms. The number of aromatic nitrogens is 1. The maximum atomic E-state index is 13.4. The van der Waals surface area contributed by atoms with Crippen molar-refractivity contribution in [3.05, 3.63) is 59.1 Å². The zero-order valence-electron chi connectivity index (χ0n) is 8.45. The molecule has 0 saturated heterocycles. The van der Waals surface area contributed by atoms with Crippen molar-refractivity contribution in [3.63, 3.8) is 0 Å². The summed E-state index contributed by atoms with van der Waals surface area (Å²) in [6.07, 6.45) is 3.36. The monoisotopic (exact) mass is 236 g/mol. The van der Waals surface area contributed by atoms with E-state index in [0.29, 0.717) is 17.1 Å². The average Bonchev–Trinajstić information content (AvgIpc) is 2.30. The van der Waals surface area contributed by atoms with Crippen LogP contribution in [0.25, 0.3) is 0 Å². The van der Waals surface area contributed by atoms with Crippen molar-refractivity contribution in [2.45, 2.75) is 6.54 Å². The lowest BCUT2D eigenvalue weighted by molar-refractivity contribution is 0.613. The van der Waals surface area contributed by atoms with E-state index >= 15 is 0 Å². The molecule has 2 nitrogen and oxygen atoms in total. The van der Waals surface area contributed by atoms with Gasteiger partial charge in [0.1, 0.15) is 5.82 Å². The molecule has 2 aromatic rings. The van der Waals surface area contributed by atoms with Crippen LogP contribution in [0.2, 0.25) is 5.02 Å². The number of pyridine rings is 1. The second-order valence-corrected chi connectivity index (χ2v) is 3.70. The van der Waals surface area contributed by atoms with E-state index in [-0.39, 0.29) is 5.82 Å². The Morgan fingerprint density at radius 1 is 1.25 bits per heavy atom. The number of halogens is 2. The minimum absolute atomic E-state index is 0.302. The summed E-state index contributed by atoms with van der Waals surface area (Å²) in [7, 11) is 0. The zero-order valence-corrected chi connectivity index (χ0v) is 9.21. The summed E-state index contributed by atoms with van der Waals surface area (Å²) in [5.41, 5.74) is 1.30. The van der Waals surface area contributed by atoms with Gasteiger partial charge in [0.15, 0.2) is 0 Å². The van der Waals surface area contributed by atoms with E-state index in [0.717, 1.165) is 5.69 Å². The Morgan fingerprint density at radius 3 is 2.81 bits per heavy atom. The first-order valence-electron chi connectivity index (χ1n) is 4.84. The summed E-state index contributed by atoms with van der Waals surface area (Å²) in [6, 6.07) is 8.33. The molecule has 1 aromatic heterocycles. The van der Waals surface area contributed by atoms with Crippen LogP contribution in [0, 0.1) is 5.82 Å². The second-order valence-electron chi connectivity index (χ2n) is 3.30. The van der Waals surface area contributed by atoms with Crippen LogP contribution in [-0.2, 0) is 6.54 Å². The Hall–Kier alpha value is -1.61. The molecule has 1 N–H and O–H groups in total. The average molecular weight is 237 g/mol. The van der Waals surface area contributed by atoms with Gasteiger partial charge in [-0.3, -0.25) is 4.98 Å². The van der Waals surface area contributed by atoms with E-state index in [1.165, 1.54) is 6.07 Å². The van der Waals surface area contributed by atoms with Crippen molar-refractivity contribution < 1.29 is 4.39 Å². The van der Waals surface area contributed by atoms with Gasteiger partial charge in [-0.05, 0) is 24.3 Å². The van der Waals surface area contributed by atoms with Gasteiger partial charge in [0, 0.05) is 29.5 Å². The van der Waals surface area contributed by atoms with Crippen LogP contribution in [0.5, 0.6) is 0 Å². The van der Waals surface area contributed by atoms with Crippen molar-refractivity contribution in [1.82, 2.24) is 4.98 Å². The summed E-state index contributed by atoms with van der Waals surface area (Å²) in [5, 5.41) is 3.48. The molecular weight excluding hydrogens is 227 g/mol. The van der Waals surface area contributed by atoms with Gasteiger partial charge >= 0.3 is 0 Å². The molecule has 0 aliphatic carbocycles. The fourth-order valence-corrected chi connectivity index (χ4v) is 1.59. The number of rotatable bonds is 3. The van der Waals surface area contributed by atoms with Crippen molar-refractivity contribution in [3.8, 4) is 0 Å².